The van der Waals surface area contributed by atoms with Gasteiger partial charge in [-0.25, -0.2) is 4.68 Å². The summed E-state index contributed by atoms with van der Waals surface area (Å²) in [5.74, 6) is -0.408. The fourth-order valence-electron chi connectivity index (χ4n) is 1.82. The lowest BCUT2D eigenvalue weighted by molar-refractivity contribution is 0.102. The molecule has 1 amide bonds. The number of nitrogens with zero attached hydrogens (tertiary/aromatic N) is 3. The average Bonchev–Trinajstić information content (AvgIpc) is 2.83. The van der Waals surface area contributed by atoms with Gasteiger partial charge in [0.25, 0.3) is 5.91 Å². The summed E-state index contributed by atoms with van der Waals surface area (Å²) in [6.07, 6.45) is 1.60. The van der Waals surface area contributed by atoms with E-state index in [1.165, 1.54) is 12.1 Å². The van der Waals surface area contributed by atoms with Crippen molar-refractivity contribution in [2.24, 2.45) is 0 Å². The zero-order valence-corrected chi connectivity index (χ0v) is 12.9. The van der Waals surface area contributed by atoms with E-state index in [-0.39, 0.29) is 11.7 Å². The van der Waals surface area contributed by atoms with Gasteiger partial charge in [0.1, 0.15) is 0 Å². The van der Waals surface area contributed by atoms with Crippen LogP contribution in [0.5, 0.6) is 0 Å². The monoisotopic (exact) mass is 345 g/mol. The van der Waals surface area contributed by atoms with Crippen LogP contribution in [0.1, 0.15) is 16.5 Å². The first-order valence-corrected chi connectivity index (χ1v) is 7.26. The van der Waals surface area contributed by atoms with E-state index in [1.54, 1.807) is 10.9 Å². The minimum atomic E-state index is -0.408. The van der Waals surface area contributed by atoms with Gasteiger partial charge in [-0.3, -0.25) is 4.79 Å². The van der Waals surface area contributed by atoms with Crippen molar-refractivity contribution in [3.8, 4) is 0 Å². The lowest BCUT2D eigenvalue weighted by atomic mass is 10.2. The SMILES string of the molecule is O=C(Nc1cc(Cl)c(Cl)cc1Cl)c1cn(C2CNC2)nn1. The van der Waals surface area contributed by atoms with Gasteiger partial charge in [-0.05, 0) is 12.1 Å². The molecule has 1 aromatic carbocycles. The molecule has 0 bridgehead atoms. The highest BCUT2D eigenvalue weighted by Gasteiger charge is 2.22. The van der Waals surface area contributed by atoms with Gasteiger partial charge in [0.05, 0.1) is 33.0 Å². The van der Waals surface area contributed by atoms with Crippen LogP contribution in [0.4, 0.5) is 5.69 Å². The number of carbonyl (C=O) groups is 1. The summed E-state index contributed by atoms with van der Waals surface area (Å²) in [4.78, 5) is 12.1. The molecule has 0 aliphatic carbocycles. The number of hydrogen-bond acceptors (Lipinski definition) is 4. The standard InChI is InChI=1S/C12H10Cl3N5O/c13-7-1-9(15)10(2-8(7)14)17-12(21)11-5-20(19-18-11)6-3-16-4-6/h1-2,5-6,16H,3-4H2,(H,17,21). The molecule has 1 aliphatic rings. The molecule has 3 rings (SSSR count). The topological polar surface area (TPSA) is 71.8 Å². The predicted molar refractivity (Wildman–Crippen MR) is 81.4 cm³/mol. The third-order valence-electron chi connectivity index (χ3n) is 3.14. The van der Waals surface area contributed by atoms with Crippen molar-refractivity contribution >= 4 is 46.4 Å². The molecular formula is C12H10Cl3N5O. The van der Waals surface area contributed by atoms with Gasteiger partial charge in [-0.1, -0.05) is 40.0 Å². The molecule has 9 heteroatoms. The Hall–Kier alpha value is -1.34. The van der Waals surface area contributed by atoms with Crippen molar-refractivity contribution < 1.29 is 4.79 Å². The predicted octanol–water partition coefficient (Wildman–Crippen LogP) is 2.63. The van der Waals surface area contributed by atoms with Crippen LogP contribution in [0.15, 0.2) is 18.3 Å². The molecule has 1 saturated heterocycles. The lowest BCUT2D eigenvalue weighted by Crippen LogP contribution is -2.43. The summed E-state index contributed by atoms with van der Waals surface area (Å²) in [7, 11) is 0. The molecule has 0 spiro atoms. The van der Waals surface area contributed by atoms with E-state index in [9.17, 15) is 4.79 Å². The second-order valence-corrected chi connectivity index (χ2v) is 5.82. The van der Waals surface area contributed by atoms with Crippen LogP contribution in [-0.4, -0.2) is 34.0 Å². The highest BCUT2D eigenvalue weighted by atomic mass is 35.5. The van der Waals surface area contributed by atoms with Crippen LogP contribution in [-0.2, 0) is 0 Å². The molecule has 1 aromatic heterocycles. The molecule has 2 aromatic rings. The third kappa shape index (κ3) is 2.98. The van der Waals surface area contributed by atoms with E-state index < -0.39 is 5.91 Å². The van der Waals surface area contributed by atoms with E-state index in [0.29, 0.717) is 20.8 Å². The van der Waals surface area contributed by atoms with Crippen LogP contribution >= 0.6 is 34.8 Å². The first-order chi connectivity index (χ1) is 10.0. The minimum absolute atomic E-state index is 0.212. The fraction of sp³-hybridized carbons (Fsp3) is 0.250. The van der Waals surface area contributed by atoms with Gasteiger partial charge in [-0.2, -0.15) is 0 Å². The van der Waals surface area contributed by atoms with Gasteiger partial charge in [0.15, 0.2) is 5.69 Å². The van der Waals surface area contributed by atoms with Gasteiger partial charge in [0, 0.05) is 13.1 Å². The quantitative estimate of drug-likeness (QED) is 0.838. The summed E-state index contributed by atoms with van der Waals surface area (Å²) < 4.78 is 1.67. The first-order valence-electron chi connectivity index (χ1n) is 6.13. The zero-order chi connectivity index (χ0) is 15.0. The highest BCUT2D eigenvalue weighted by molar-refractivity contribution is 6.44. The van der Waals surface area contributed by atoms with Gasteiger partial charge in [-0.15, -0.1) is 5.10 Å². The van der Waals surface area contributed by atoms with Crippen molar-refractivity contribution in [3.05, 3.63) is 39.1 Å². The number of hydrogen-bond donors (Lipinski definition) is 2. The Kier molecular flexibility index (Phi) is 4.03. The number of anilines is 1. The summed E-state index contributed by atoms with van der Waals surface area (Å²) in [5.41, 5.74) is 0.583. The maximum absolute atomic E-state index is 12.1. The van der Waals surface area contributed by atoms with E-state index in [4.69, 9.17) is 34.8 Å². The summed E-state index contributed by atoms with van der Waals surface area (Å²) in [6.45, 7) is 1.64. The molecule has 21 heavy (non-hydrogen) atoms. The molecule has 2 heterocycles. The fourth-order valence-corrected chi connectivity index (χ4v) is 2.42. The van der Waals surface area contributed by atoms with E-state index >= 15 is 0 Å². The van der Waals surface area contributed by atoms with Crippen LogP contribution < -0.4 is 10.6 Å². The highest BCUT2D eigenvalue weighted by Crippen LogP contribution is 2.32. The second-order valence-electron chi connectivity index (χ2n) is 4.60. The molecule has 1 fully saturated rings. The van der Waals surface area contributed by atoms with E-state index in [0.717, 1.165) is 13.1 Å². The Morgan fingerprint density at radius 1 is 1.24 bits per heavy atom. The largest absolute Gasteiger partial charge is 0.319 e. The summed E-state index contributed by atoms with van der Waals surface area (Å²) in [6, 6.07) is 3.20. The zero-order valence-electron chi connectivity index (χ0n) is 10.6. The summed E-state index contributed by atoms with van der Waals surface area (Å²) in [5, 5.41) is 14.5. The van der Waals surface area contributed by atoms with E-state index in [1.807, 2.05) is 0 Å². The minimum Gasteiger partial charge on any atom is -0.319 e. The van der Waals surface area contributed by atoms with Crippen LogP contribution in [0.2, 0.25) is 15.1 Å². The normalized spacial score (nSPS) is 14.8. The van der Waals surface area contributed by atoms with Crippen molar-refractivity contribution in [1.29, 1.82) is 0 Å². The number of nitrogens with one attached hydrogen (secondary N) is 2. The molecule has 1 aliphatic heterocycles. The maximum Gasteiger partial charge on any atom is 0.277 e. The number of carbonyl (C=O) groups excluding carboxylic acids is 1. The van der Waals surface area contributed by atoms with Crippen molar-refractivity contribution in [2.45, 2.75) is 6.04 Å². The first kappa shape index (κ1) is 14.6. The maximum atomic E-state index is 12.1. The number of aromatic nitrogens is 3. The van der Waals surface area contributed by atoms with Crippen molar-refractivity contribution in [1.82, 2.24) is 20.3 Å². The lowest BCUT2D eigenvalue weighted by Gasteiger charge is -2.26. The smallest absolute Gasteiger partial charge is 0.277 e. The van der Waals surface area contributed by atoms with Gasteiger partial charge >= 0.3 is 0 Å². The average molecular weight is 347 g/mol. The molecule has 0 saturated carbocycles. The number of halogens is 3. The number of rotatable bonds is 3. The van der Waals surface area contributed by atoms with Gasteiger partial charge in [0.2, 0.25) is 0 Å². The third-order valence-corrected chi connectivity index (χ3v) is 4.17. The Balaban J connectivity index is 1.76. The molecular weight excluding hydrogens is 337 g/mol. The molecule has 110 valence electrons. The van der Waals surface area contributed by atoms with Crippen LogP contribution in [0.25, 0.3) is 0 Å². The molecule has 2 N–H and O–H groups in total. The Labute approximate surface area is 135 Å². The number of benzene rings is 1. The van der Waals surface area contributed by atoms with E-state index in [2.05, 4.69) is 20.9 Å². The molecule has 6 nitrogen and oxygen atoms in total. The molecule has 0 atom stereocenters. The second kappa shape index (κ2) is 5.81. The van der Waals surface area contributed by atoms with Crippen LogP contribution in [0.3, 0.4) is 0 Å². The summed E-state index contributed by atoms with van der Waals surface area (Å²) >= 11 is 17.8. The van der Waals surface area contributed by atoms with Crippen molar-refractivity contribution in [2.75, 3.05) is 18.4 Å². The molecule has 0 unspecified atom stereocenters. The molecule has 0 radical (unpaired) electrons. The Bertz CT molecular complexity index is 698. The van der Waals surface area contributed by atoms with Crippen LogP contribution in [0, 0.1) is 0 Å². The number of amides is 1. The van der Waals surface area contributed by atoms with Crippen molar-refractivity contribution in [3.63, 3.8) is 0 Å². The Morgan fingerprint density at radius 2 is 1.95 bits per heavy atom. The van der Waals surface area contributed by atoms with Gasteiger partial charge < -0.3 is 10.6 Å². The Morgan fingerprint density at radius 3 is 2.62 bits per heavy atom.